The number of benzene rings is 7. The summed E-state index contributed by atoms with van der Waals surface area (Å²) in [6.45, 7) is 0. The first-order valence-corrected chi connectivity index (χ1v) is 16.3. The molecule has 3 aromatic heterocycles. The standard InChI is InChI=1S/C44H26N4/c1-2-10-27(11-3-1)42-31-15-4-6-18-36(31)46-44(47-42)48-38-19-7-5-14-30(38)34-24-29(21-23-39(34)48)28-20-22-37-35(25-28)41-32-16-8-12-26-13-9-17-33(40(26)32)43(41)45-37/h1-25,45H. The number of H-pyrrole nitrogens is 1. The third-order valence-electron chi connectivity index (χ3n) is 10.1. The van der Waals surface area contributed by atoms with Gasteiger partial charge in [0, 0.05) is 43.8 Å². The van der Waals surface area contributed by atoms with Gasteiger partial charge in [0.15, 0.2) is 0 Å². The van der Waals surface area contributed by atoms with E-state index < -0.39 is 0 Å². The molecule has 48 heavy (non-hydrogen) atoms. The van der Waals surface area contributed by atoms with Crippen LogP contribution < -0.4 is 0 Å². The number of fused-ring (bicyclic) bond motifs is 9. The number of nitrogens with one attached hydrogen (secondary N) is 1. The van der Waals surface area contributed by atoms with Gasteiger partial charge in [0.1, 0.15) is 0 Å². The summed E-state index contributed by atoms with van der Waals surface area (Å²) in [6, 6.07) is 54.1. The molecule has 7 aromatic carbocycles. The highest BCUT2D eigenvalue weighted by atomic mass is 15.2. The quantitative estimate of drug-likeness (QED) is 0.216. The van der Waals surface area contributed by atoms with E-state index in [0.29, 0.717) is 5.95 Å². The Labute approximate surface area is 275 Å². The summed E-state index contributed by atoms with van der Waals surface area (Å²) in [5.74, 6) is 0.671. The molecule has 0 fully saturated rings. The average molecular weight is 611 g/mol. The molecule has 10 aromatic rings. The van der Waals surface area contributed by atoms with Gasteiger partial charge in [-0.05, 0) is 63.9 Å². The van der Waals surface area contributed by atoms with E-state index in [1.165, 1.54) is 60.4 Å². The second kappa shape index (κ2) is 9.50. The predicted octanol–water partition coefficient (Wildman–Crippen LogP) is 11.3. The fourth-order valence-corrected chi connectivity index (χ4v) is 7.96. The van der Waals surface area contributed by atoms with E-state index in [1.807, 2.05) is 12.1 Å². The Hall–Kier alpha value is -6.52. The van der Waals surface area contributed by atoms with E-state index in [1.54, 1.807) is 0 Å². The van der Waals surface area contributed by atoms with Crippen molar-refractivity contribution in [2.45, 2.75) is 0 Å². The third-order valence-corrected chi connectivity index (χ3v) is 10.1. The van der Waals surface area contributed by atoms with E-state index in [-0.39, 0.29) is 0 Å². The molecule has 0 spiro atoms. The first-order valence-electron chi connectivity index (χ1n) is 16.3. The van der Waals surface area contributed by atoms with E-state index >= 15 is 0 Å². The third kappa shape index (κ3) is 3.49. The highest BCUT2D eigenvalue weighted by Gasteiger charge is 2.25. The summed E-state index contributed by atoms with van der Waals surface area (Å²) in [5, 5.41) is 7.28. The highest BCUT2D eigenvalue weighted by molar-refractivity contribution is 6.21. The van der Waals surface area contributed by atoms with Gasteiger partial charge in [-0.3, -0.25) is 4.57 Å². The van der Waals surface area contributed by atoms with Crippen molar-refractivity contribution >= 4 is 54.4 Å². The molecule has 1 N–H and O–H groups in total. The summed E-state index contributed by atoms with van der Waals surface area (Å²) >= 11 is 0. The normalized spacial score (nSPS) is 12.2. The van der Waals surface area contributed by atoms with Gasteiger partial charge in [0.05, 0.1) is 27.9 Å². The molecule has 0 amide bonds. The van der Waals surface area contributed by atoms with Crippen molar-refractivity contribution in [2.75, 3.05) is 0 Å². The van der Waals surface area contributed by atoms with Crippen molar-refractivity contribution in [1.29, 1.82) is 0 Å². The molecular formula is C44H26N4. The van der Waals surface area contributed by atoms with Gasteiger partial charge >= 0.3 is 0 Å². The number of nitrogens with zero attached hydrogens (tertiary/aromatic N) is 3. The molecule has 11 rings (SSSR count). The zero-order chi connectivity index (χ0) is 31.3. The van der Waals surface area contributed by atoms with Crippen molar-refractivity contribution in [3.63, 3.8) is 0 Å². The van der Waals surface area contributed by atoms with Crippen LogP contribution in [-0.2, 0) is 0 Å². The molecule has 0 aliphatic heterocycles. The van der Waals surface area contributed by atoms with Gasteiger partial charge in [-0.15, -0.1) is 0 Å². The summed E-state index contributed by atoms with van der Waals surface area (Å²) in [4.78, 5) is 14.1. The van der Waals surface area contributed by atoms with E-state index in [2.05, 4.69) is 149 Å². The average Bonchev–Trinajstić information content (AvgIpc) is 3.79. The minimum absolute atomic E-state index is 0.671. The zero-order valence-electron chi connectivity index (χ0n) is 25.8. The second-order valence-electron chi connectivity index (χ2n) is 12.7. The Morgan fingerprint density at radius 1 is 0.479 bits per heavy atom. The second-order valence-corrected chi connectivity index (χ2v) is 12.7. The molecule has 0 atom stereocenters. The zero-order valence-corrected chi connectivity index (χ0v) is 25.8. The van der Waals surface area contributed by atoms with Crippen LogP contribution in [0.2, 0.25) is 0 Å². The maximum atomic E-state index is 5.24. The highest BCUT2D eigenvalue weighted by Crippen LogP contribution is 2.50. The first kappa shape index (κ1) is 25.6. The van der Waals surface area contributed by atoms with Crippen LogP contribution in [0.15, 0.2) is 152 Å². The lowest BCUT2D eigenvalue weighted by Gasteiger charge is -2.12. The molecular weight excluding hydrogens is 585 g/mol. The summed E-state index contributed by atoms with van der Waals surface area (Å²) in [7, 11) is 0. The predicted molar refractivity (Wildman–Crippen MR) is 199 cm³/mol. The molecule has 0 unspecified atom stereocenters. The van der Waals surface area contributed by atoms with Crippen LogP contribution in [0.25, 0.3) is 105 Å². The first-order chi connectivity index (χ1) is 23.8. The minimum atomic E-state index is 0.671. The maximum absolute atomic E-state index is 5.24. The number of aromatic nitrogens is 4. The van der Waals surface area contributed by atoms with Gasteiger partial charge in [-0.2, -0.15) is 0 Å². The number of hydrogen-bond donors (Lipinski definition) is 1. The molecule has 1 aliphatic carbocycles. The van der Waals surface area contributed by atoms with Crippen LogP contribution in [0.3, 0.4) is 0 Å². The lowest BCUT2D eigenvalue weighted by molar-refractivity contribution is 1.01. The fraction of sp³-hybridized carbons (Fsp3) is 0. The summed E-state index contributed by atoms with van der Waals surface area (Å²) in [5.41, 5.74) is 13.8. The van der Waals surface area contributed by atoms with Crippen molar-refractivity contribution < 1.29 is 0 Å². The molecule has 3 heterocycles. The topological polar surface area (TPSA) is 46.5 Å². The Morgan fingerprint density at radius 2 is 1.19 bits per heavy atom. The van der Waals surface area contributed by atoms with Crippen LogP contribution in [-0.4, -0.2) is 19.5 Å². The summed E-state index contributed by atoms with van der Waals surface area (Å²) in [6.07, 6.45) is 0. The lowest BCUT2D eigenvalue weighted by atomic mass is 9.98. The van der Waals surface area contributed by atoms with Crippen molar-refractivity contribution in [3.05, 3.63) is 152 Å². The molecule has 0 radical (unpaired) electrons. The maximum Gasteiger partial charge on any atom is 0.235 e. The smallest absolute Gasteiger partial charge is 0.235 e. The largest absolute Gasteiger partial charge is 0.354 e. The fourth-order valence-electron chi connectivity index (χ4n) is 7.96. The van der Waals surface area contributed by atoms with E-state index in [0.717, 1.165) is 38.7 Å². The van der Waals surface area contributed by atoms with Crippen molar-refractivity contribution in [2.24, 2.45) is 0 Å². The van der Waals surface area contributed by atoms with Crippen LogP contribution in [0.4, 0.5) is 0 Å². The summed E-state index contributed by atoms with van der Waals surface area (Å²) < 4.78 is 2.22. The number of aromatic amines is 1. The van der Waals surface area contributed by atoms with Crippen LogP contribution in [0.5, 0.6) is 0 Å². The number of rotatable bonds is 3. The Morgan fingerprint density at radius 3 is 2.06 bits per heavy atom. The molecule has 222 valence electrons. The molecule has 1 aliphatic rings. The molecule has 4 nitrogen and oxygen atoms in total. The van der Waals surface area contributed by atoms with Crippen molar-refractivity contribution in [1.82, 2.24) is 19.5 Å². The van der Waals surface area contributed by atoms with Crippen LogP contribution in [0, 0.1) is 0 Å². The minimum Gasteiger partial charge on any atom is -0.354 e. The number of para-hydroxylation sites is 2. The number of hydrogen-bond acceptors (Lipinski definition) is 2. The Balaban J connectivity index is 1.12. The van der Waals surface area contributed by atoms with Crippen molar-refractivity contribution in [3.8, 4) is 50.7 Å². The molecule has 0 bridgehead atoms. The molecule has 0 saturated carbocycles. The van der Waals surface area contributed by atoms with Gasteiger partial charge in [-0.25, -0.2) is 9.97 Å². The van der Waals surface area contributed by atoms with Crippen LogP contribution >= 0.6 is 0 Å². The molecule has 4 heteroatoms. The van der Waals surface area contributed by atoms with Gasteiger partial charge < -0.3 is 4.98 Å². The lowest BCUT2D eigenvalue weighted by Crippen LogP contribution is -2.03. The van der Waals surface area contributed by atoms with E-state index in [4.69, 9.17) is 9.97 Å². The van der Waals surface area contributed by atoms with E-state index in [9.17, 15) is 0 Å². The van der Waals surface area contributed by atoms with Gasteiger partial charge in [0.2, 0.25) is 5.95 Å². The van der Waals surface area contributed by atoms with Gasteiger partial charge in [-0.1, -0.05) is 115 Å². The van der Waals surface area contributed by atoms with Gasteiger partial charge in [0.25, 0.3) is 0 Å². The Bertz CT molecular complexity index is 2940. The molecule has 0 saturated heterocycles. The Kier molecular flexibility index (Phi) is 5.08. The van der Waals surface area contributed by atoms with Crippen LogP contribution in [0.1, 0.15) is 0 Å². The SMILES string of the molecule is c1ccc(-c2nc(-n3c4ccccc4c4cc(-c5ccc6[nH]c7c(c6c5)-c5cccc6cccc-7c56)ccc43)nc3ccccc23)cc1. The monoisotopic (exact) mass is 610 g/mol.